The van der Waals surface area contributed by atoms with Gasteiger partial charge >= 0.3 is 12.0 Å². The maximum atomic E-state index is 12.0. The number of hydrogen-bond acceptors (Lipinski definition) is 5. The third-order valence-corrected chi connectivity index (χ3v) is 4.02. The van der Waals surface area contributed by atoms with E-state index in [0.717, 1.165) is 0 Å². The van der Waals surface area contributed by atoms with Gasteiger partial charge in [-0.15, -0.1) is 11.8 Å². The summed E-state index contributed by atoms with van der Waals surface area (Å²) in [4.78, 5) is 28.4. The number of carboxylic acid groups (broad SMARTS) is 1. The van der Waals surface area contributed by atoms with Gasteiger partial charge in [0, 0.05) is 5.75 Å². The van der Waals surface area contributed by atoms with Gasteiger partial charge in [-0.1, -0.05) is 0 Å². The van der Waals surface area contributed by atoms with E-state index in [4.69, 9.17) is 9.52 Å². The fraction of sp³-hybridized carbons (Fsp3) is 0.545. The Hall–Kier alpha value is -1.70. The van der Waals surface area contributed by atoms with Crippen molar-refractivity contribution < 1.29 is 19.1 Å². The number of thioether (sulfide) groups is 1. The highest BCUT2D eigenvalue weighted by atomic mass is 32.2. The summed E-state index contributed by atoms with van der Waals surface area (Å²) in [6.45, 7) is 3.72. The predicted octanol–water partition coefficient (Wildman–Crippen LogP) is 1.04. The van der Waals surface area contributed by atoms with Crippen LogP contribution in [0, 0.1) is 6.92 Å². The molecule has 1 aliphatic rings. The second-order valence-corrected chi connectivity index (χ2v) is 5.57. The molecule has 7 nitrogen and oxygen atoms in total. The van der Waals surface area contributed by atoms with E-state index >= 15 is 0 Å². The molecule has 2 N–H and O–H groups in total. The second kappa shape index (κ2) is 5.52. The van der Waals surface area contributed by atoms with Crippen LogP contribution in [0.25, 0.3) is 0 Å². The molecule has 1 aliphatic heterocycles. The molecule has 2 rings (SSSR count). The lowest BCUT2D eigenvalue weighted by Gasteiger charge is -2.24. The summed E-state index contributed by atoms with van der Waals surface area (Å²) in [6.07, 6.45) is 1.57. The molecule has 8 heteroatoms. The zero-order valence-electron chi connectivity index (χ0n) is 10.6. The number of hydrogen-bond donors (Lipinski definition) is 2. The van der Waals surface area contributed by atoms with E-state index in [9.17, 15) is 9.59 Å². The normalized spacial score (nSPS) is 22.5. The number of carbonyl (C=O) groups excluding carboxylic acids is 1. The molecule has 2 atom stereocenters. The van der Waals surface area contributed by atoms with E-state index in [2.05, 4.69) is 10.3 Å². The molecule has 1 fully saturated rings. The largest absolute Gasteiger partial charge is 0.480 e. The Bertz CT molecular complexity index is 490. The van der Waals surface area contributed by atoms with Crippen molar-refractivity contribution in [2.75, 3.05) is 5.75 Å². The number of aromatic nitrogens is 1. The van der Waals surface area contributed by atoms with Crippen molar-refractivity contribution in [3.05, 3.63) is 17.8 Å². The Labute approximate surface area is 114 Å². The molecule has 1 saturated heterocycles. The molecule has 0 aliphatic carbocycles. The van der Waals surface area contributed by atoms with Crippen molar-refractivity contribution in [1.82, 2.24) is 15.2 Å². The van der Waals surface area contributed by atoms with Gasteiger partial charge in [0.2, 0.25) is 5.89 Å². The van der Waals surface area contributed by atoms with Crippen molar-refractivity contribution in [2.24, 2.45) is 0 Å². The Morgan fingerprint density at radius 2 is 2.42 bits per heavy atom. The third kappa shape index (κ3) is 3.01. The van der Waals surface area contributed by atoms with Gasteiger partial charge in [0.05, 0.1) is 18.1 Å². The van der Waals surface area contributed by atoms with Crippen molar-refractivity contribution >= 4 is 23.8 Å². The van der Waals surface area contributed by atoms with Gasteiger partial charge in [0.15, 0.2) is 0 Å². The lowest BCUT2D eigenvalue weighted by Crippen LogP contribution is -2.49. The molecular formula is C11H15N3O4S. The van der Waals surface area contributed by atoms with Crippen LogP contribution < -0.4 is 5.32 Å². The van der Waals surface area contributed by atoms with Gasteiger partial charge in [-0.05, 0) is 13.8 Å². The lowest BCUT2D eigenvalue weighted by atomic mass is 10.3. The number of urea groups is 1. The van der Waals surface area contributed by atoms with Crippen LogP contribution in [0.5, 0.6) is 0 Å². The van der Waals surface area contributed by atoms with Crippen LogP contribution in [0.2, 0.25) is 0 Å². The lowest BCUT2D eigenvalue weighted by molar-refractivity contribution is -0.141. The summed E-state index contributed by atoms with van der Waals surface area (Å²) in [7, 11) is 0. The molecule has 0 bridgehead atoms. The number of nitrogens with one attached hydrogen (secondary N) is 1. The van der Waals surface area contributed by atoms with E-state index < -0.39 is 18.0 Å². The van der Waals surface area contributed by atoms with Gasteiger partial charge in [-0.3, -0.25) is 4.90 Å². The van der Waals surface area contributed by atoms with Crippen molar-refractivity contribution in [1.29, 1.82) is 0 Å². The first kappa shape index (κ1) is 13.7. The van der Waals surface area contributed by atoms with Gasteiger partial charge < -0.3 is 14.8 Å². The molecule has 0 aromatic carbocycles. The number of carbonyl (C=O) groups is 2. The Kier molecular flexibility index (Phi) is 3.98. The molecule has 1 aromatic heterocycles. The SMILES string of the molecule is Cc1cnc(CNC(=O)N2C(C)SCC2C(=O)O)o1. The molecule has 0 spiro atoms. The van der Waals surface area contributed by atoms with Crippen LogP contribution in [0.15, 0.2) is 10.6 Å². The summed E-state index contributed by atoms with van der Waals surface area (Å²) in [5.41, 5.74) is 0. The predicted molar refractivity (Wildman–Crippen MR) is 68.7 cm³/mol. The average molecular weight is 285 g/mol. The summed E-state index contributed by atoms with van der Waals surface area (Å²) in [5, 5.41) is 11.5. The van der Waals surface area contributed by atoms with Gasteiger partial charge in [0.1, 0.15) is 11.8 Å². The fourth-order valence-corrected chi connectivity index (χ4v) is 3.03. The van der Waals surface area contributed by atoms with Gasteiger partial charge in [-0.2, -0.15) is 0 Å². The van der Waals surface area contributed by atoms with E-state index in [1.54, 1.807) is 13.1 Å². The Balaban J connectivity index is 1.96. The zero-order chi connectivity index (χ0) is 14.0. The Morgan fingerprint density at radius 1 is 1.68 bits per heavy atom. The van der Waals surface area contributed by atoms with E-state index in [0.29, 0.717) is 17.4 Å². The van der Waals surface area contributed by atoms with Gasteiger partial charge in [0.25, 0.3) is 0 Å². The smallest absolute Gasteiger partial charge is 0.327 e. The summed E-state index contributed by atoms with van der Waals surface area (Å²) >= 11 is 1.44. The fourth-order valence-electron chi connectivity index (χ4n) is 1.87. The standard InChI is InChI=1S/C11H15N3O4S/c1-6-3-12-9(18-6)4-13-11(17)14-7(2)19-5-8(14)10(15)16/h3,7-8H,4-5H2,1-2H3,(H,13,17)(H,15,16). The Morgan fingerprint density at radius 3 is 3.00 bits per heavy atom. The molecule has 19 heavy (non-hydrogen) atoms. The van der Waals surface area contributed by atoms with Crippen LogP contribution in [-0.4, -0.2) is 44.2 Å². The van der Waals surface area contributed by atoms with Crippen molar-refractivity contribution in [3.8, 4) is 0 Å². The highest BCUT2D eigenvalue weighted by Gasteiger charge is 2.39. The minimum atomic E-state index is -0.987. The van der Waals surface area contributed by atoms with E-state index in [-0.39, 0.29) is 11.9 Å². The molecular weight excluding hydrogens is 270 g/mol. The molecule has 2 heterocycles. The first-order chi connectivity index (χ1) is 8.99. The van der Waals surface area contributed by atoms with Crippen LogP contribution in [0.3, 0.4) is 0 Å². The van der Waals surface area contributed by atoms with Crippen LogP contribution >= 0.6 is 11.8 Å². The van der Waals surface area contributed by atoms with Crippen molar-refractivity contribution in [2.45, 2.75) is 31.8 Å². The first-order valence-corrected chi connectivity index (χ1v) is 6.86. The molecule has 2 unspecified atom stereocenters. The van der Waals surface area contributed by atoms with Gasteiger partial charge in [-0.25, -0.2) is 14.6 Å². The second-order valence-electron chi connectivity index (χ2n) is 4.22. The number of oxazole rings is 1. The summed E-state index contributed by atoms with van der Waals surface area (Å²) in [5.74, 6) is 0.483. The molecule has 0 saturated carbocycles. The van der Waals surface area contributed by atoms with E-state index in [1.807, 2.05) is 6.92 Å². The molecule has 2 amide bonds. The zero-order valence-corrected chi connectivity index (χ0v) is 11.4. The number of carboxylic acids is 1. The van der Waals surface area contributed by atoms with Crippen LogP contribution in [0.4, 0.5) is 4.79 Å². The third-order valence-electron chi connectivity index (χ3n) is 2.80. The number of amides is 2. The maximum Gasteiger partial charge on any atom is 0.327 e. The molecule has 104 valence electrons. The van der Waals surface area contributed by atoms with E-state index in [1.165, 1.54) is 16.7 Å². The minimum Gasteiger partial charge on any atom is -0.480 e. The number of rotatable bonds is 3. The minimum absolute atomic E-state index is 0.146. The monoisotopic (exact) mass is 285 g/mol. The van der Waals surface area contributed by atoms with Crippen molar-refractivity contribution in [3.63, 3.8) is 0 Å². The maximum absolute atomic E-state index is 12.0. The quantitative estimate of drug-likeness (QED) is 0.861. The number of nitrogens with zero attached hydrogens (tertiary/aromatic N) is 2. The van der Waals surface area contributed by atoms with Crippen LogP contribution in [-0.2, 0) is 11.3 Å². The summed E-state index contributed by atoms with van der Waals surface area (Å²) < 4.78 is 5.23. The number of aliphatic carboxylic acids is 1. The molecule has 1 aromatic rings. The number of aryl methyl sites for hydroxylation is 1. The summed E-state index contributed by atoms with van der Waals surface area (Å²) in [6, 6.07) is -1.20. The average Bonchev–Trinajstić information content (AvgIpc) is 2.92. The van der Waals surface area contributed by atoms with Crippen LogP contribution in [0.1, 0.15) is 18.6 Å². The highest BCUT2D eigenvalue weighted by molar-refractivity contribution is 8.00. The topological polar surface area (TPSA) is 95.7 Å². The highest BCUT2D eigenvalue weighted by Crippen LogP contribution is 2.28. The molecule has 0 radical (unpaired) electrons. The first-order valence-electron chi connectivity index (χ1n) is 5.81.